The topological polar surface area (TPSA) is 30.3 Å². The Hall–Kier alpha value is -1.58. The van der Waals surface area contributed by atoms with Gasteiger partial charge in [-0.15, -0.1) is 0 Å². The van der Waals surface area contributed by atoms with Crippen LogP contribution in [0.4, 0.5) is 10.1 Å². The van der Waals surface area contributed by atoms with Gasteiger partial charge in [0.05, 0.1) is 5.84 Å². The van der Waals surface area contributed by atoms with Crippen molar-refractivity contribution < 1.29 is 4.39 Å². The fourth-order valence-corrected chi connectivity index (χ4v) is 2.11. The normalized spacial score (nSPS) is 16.1. The zero-order valence-corrected chi connectivity index (χ0v) is 10.1. The molecular weight excluding hydrogens is 217 g/mol. The van der Waals surface area contributed by atoms with E-state index in [2.05, 4.69) is 9.80 Å². The average Bonchev–Trinajstić information content (AvgIpc) is 2.39. The molecule has 0 amide bonds. The highest BCUT2D eigenvalue weighted by Crippen LogP contribution is 2.17. The molecule has 1 fully saturated rings. The first-order valence-corrected chi connectivity index (χ1v) is 6.03. The number of rotatable bonds is 2. The molecule has 0 aliphatic carbocycles. The Morgan fingerprint density at radius 1 is 1.18 bits per heavy atom. The van der Waals surface area contributed by atoms with E-state index in [1.165, 1.54) is 12.1 Å². The summed E-state index contributed by atoms with van der Waals surface area (Å²) in [6.45, 7) is 5.56. The van der Waals surface area contributed by atoms with Crippen LogP contribution in [-0.2, 0) is 0 Å². The quantitative estimate of drug-likeness (QED) is 0.630. The lowest BCUT2D eigenvalue weighted by molar-refractivity contribution is 0.377. The largest absolute Gasteiger partial charge is 0.368 e. The minimum absolute atomic E-state index is 0.194. The van der Waals surface area contributed by atoms with E-state index in [1.807, 2.05) is 19.1 Å². The summed E-state index contributed by atoms with van der Waals surface area (Å²) < 4.78 is 12.8. The van der Waals surface area contributed by atoms with Crippen LogP contribution in [0.1, 0.15) is 13.3 Å². The first-order valence-electron chi connectivity index (χ1n) is 6.03. The van der Waals surface area contributed by atoms with E-state index in [0.29, 0.717) is 5.84 Å². The van der Waals surface area contributed by atoms with Crippen molar-refractivity contribution >= 4 is 11.5 Å². The smallest absolute Gasteiger partial charge is 0.123 e. The van der Waals surface area contributed by atoms with Crippen LogP contribution in [0.3, 0.4) is 0 Å². The maximum Gasteiger partial charge on any atom is 0.123 e. The Labute approximate surface area is 101 Å². The standard InChI is InChI=1S/C13H18FN3/c1-2-13(15)17-9-7-16(8-10-17)12-5-3-11(14)4-6-12/h3-6,15H,2,7-10H2,1H3. The zero-order chi connectivity index (χ0) is 12.3. The summed E-state index contributed by atoms with van der Waals surface area (Å²) in [6.07, 6.45) is 0.788. The number of amidine groups is 1. The van der Waals surface area contributed by atoms with Gasteiger partial charge in [0.25, 0.3) is 0 Å². The molecule has 2 rings (SSSR count). The van der Waals surface area contributed by atoms with E-state index in [9.17, 15) is 4.39 Å². The molecule has 1 aliphatic heterocycles. The predicted octanol–water partition coefficient (Wildman–Crippen LogP) is 2.33. The van der Waals surface area contributed by atoms with E-state index in [0.717, 1.165) is 38.3 Å². The van der Waals surface area contributed by atoms with Crippen LogP contribution in [0.25, 0.3) is 0 Å². The molecular formula is C13H18FN3. The SMILES string of the molecule is CCC(=N)N1CCN(c2ccc(F)cc2)CC1. The van der Waals surface area contributed by atoms with Crippen molar-refractivity contribution in [1.82, 2.24) is 4.90 Å². The zero-order valence-electron chi connectivity index (χ0n) is 10.1. The van der Waals surface area contributed by atoms with Crippen LogP contribution in [0, 0.1) is 11.2 Å². The third-order valence-electron chi connectivity index (χ3n) is 3.19. The third kappa shape index (κ3) is 2.75. The van der Waals surface area contributed by atoms with Gasteiger partial charge in [-0.05, 0) is 24.3 Å². The summed E-state index contributed by atoms with van der Waals surface area (Å²) in [4.78, 5) is 4.35. The second kappa shape index (κ2) is 5.17. The summed E-state index contributed by atoms with van der Waals surface area (Å²) in [5, 5.41) is 7.79. The van der Waals surface area contributed by atoms with Crippen molar-refractivity contribution in [3.63, 3.8) is 0 Å². The van der Waals surface area contributed by atoms with Gasteiger partial charge in [0.1, 0.15) is 5.82 Å². The molecule has 0 saturated carbocycles. The van der Waals surface area contributed by atoms with Crippen LogP contribution in [0.15, 0.2) is 24.3 Å². The molecule has 1 aromatic rings. The van der Waals surface area contributed by atoms with Gasteiger partial charge in [-0.25, -0.2) is 4.39 Å². The van der Waals surface area contributed by atoms with E-state index in [4.69, 9.17) is 5.41 Å². The number of halogens is 1. The van der Waals surface area contributed by atoms with E-state index in [1.54, 1.807) is 0 Å². The Bertz CT molecular complexity index is 380. The second-order valence-corrected chi connectivity index (χ2v) is 4.25. The number of piperazine rings is 1. The van der Waals surface area contributed by atoms with Gasteiger partial charge >= 0.3 is 0 Å². The van der Waals surface area contributed by atoms with Gasteiger partial charge in [-0.2, -0.15) is 0 Å². The number of benzene rings is 1. The third-order valence-corrected chi connectivity index (χ3v) is 3.19. The summed E-state index contributed by atoms with van der Waals surface area (Å²) in [5.41, 5.74) is 1.06. The monoisotopic (exact) mass is 235 g/mol. The highest BCUT2D eigenvalue weighted by atomic mass is 19.1. The minimum atomic E-state index is -0.194. The number of hydrogen-bond donors (Lipinski definition) is 1. The number of anilines is 1. The predicted molar refractivity (Wildman–Crippen MR) is 68.2 cm³/mol. The van der Waals surface area contributed by atoms with Gasteiger partial charge in [-0.1, -0.05) is 6.92 Å². The molecule has 1 aliphatic rings. The Morgan fingerprint density at radius 2 is 1.76 bits per heavy atom. The van der Waals surface area contributed by atoms with Crippen molar-refractivity contribution in [3.05, 3.63) is 30.1 Å². The van der Waals surface area contributed by atoms with Crippen LogP contribution >= 0.6 is 0 Å². The molecule has 4 heteroatoms. The lowest BCUT2D eigenvalue weighted by atomic mass is 10.2. The van der Waals surface area contributed by atoms with Gasteiger partial charge < -0.3 is 9.80 Å². The van der Waals surface area contributed by atoms with E-state index >= 15 is 0 Å². The Morgan fingerprint density at radius 3 is 2.29 bits per heavy atom. The summed E-state index contributed by atoms with van der Waals surface area (Å²) in [7, 11) is 0. The molecule has 0 bridgehead atoms. The summed E-state index contributed by atoms with van der Waals surface area (Å²) in [5.74, 6) is 0.518. The molecule has 17 heavy (non-hydrogen) atoms. The van der Waals surface area contributed by atoms with Gasteiger partial charge in [0.2, 0.25) is 0 Å². The van der Waals surface area contributed by atoms with Gasteiger partial charge in [0, 0.05) is 38.3 Å². The second-order valence-electron chi connectivity index (χ2n) is 4.25. The molecule has 1 aromatic carbocycles. The summed E-state index contributed by atoms with van der Waals surface area (Å²) in [6, 6.07) is 6.62. The fourth-order valence-electron chi connectivity index (χ4n) is 2.11. The lowest BCUT2D eigenvalue weighted by Gasteiger charge is -2.37. The molecule has 0 radical (unpaired) electrons. The number of hydrogen-bond acceptors (Lipinski definition) is 2. The molecule has 3 nitrogen and oxygen atoms in total. The highest BCUT2D eigenvalue weighted by molar-refractivity contribution is 5.79. The minimum Gasteiger partial charge on any atom is -0.368 e. The number of nitrogens with zero attached hydrogens (tertiary/aromatic N) is 2. The first kappa shape index (κ1) is 11.9. The van der Waals surface area contributed by atoms with Crippen molar-refractivity contribution in [2.45, 2.75) is 13.3 Å². The molecule has 0 unspecified atom stereocenters. The average molecular weight is 235 g/mol. The van der Waals surface area contributed by atoms with E-state index in [-0.39, 0.29) is 5.82 Å². The van der Waals surface area contributed by atoms with Gasteiger partial charge in [0.15, 0.2) is 0 Å². The summed E-state index contributed by atoms with van der Waals surface area (Å²) >= 11 is 0. The Kier molecular flexibility index (Phi) is 3.61. The molecule has 0 spiro atoms. The number of nitrogens with one attached hydrogen (secondary N) is 1. The van der Waals surface area contributed by atoms with Gasteiger partial charge in [-0.3, -0.25) is 5.41 Å². The van der Waals surface area contributed by atoms with Crippen molar-refractivity contribution in [2.24, 2.45) is 0 Å². The molecule has 1 saturated heterocycles. The van der Waals surface area contributed by atoms with Crippen LogP contribution in [0.2, 0.25) is 0 Å². The maximum atomic E-state index is 12.8. The molecule has 1 N–H and O–H groups in total. The maximum absolute atomic E-state index is 12.8. The molecule has 92 valence electrons. The first-order chi connectivity index (χ1) is 8.20. The van der Waals surface area contributed by atoms with Crippen molar-refractivity contribution in [2.75, 3.05) is 31.1 Å². The van der Waals surface area contributed by atoms with Crippen LogP contribution in [-0.4, -0.2) is 36.9 Å². The fraction of sp³-hybridized carbons (Fsp3) is 0.462. The van der Waals surface area contributed by atoms with E-state index < -0.39 is 0 Å². The van der Waals surface area contributed by atoms with Crippen molar-refractivity contribution in [3.8, 4) is 0 Å². The Balaban J connectivity index is 1.95. The van der Waals surface area contributed by atoms with Crippen LogP contribution < -0.4 is 4.90 Å². The van der Waals surface area contributed by atoms with Crippen LogP contribution in [0.5, 0.6) is 0 Å². The van der Waals surface area contributed by atoms with Crippen molar-refractivity contribution in [1.29, 1.82) is 5.41 Å². The molecule has 0 atom stereocenters. The molecule has 0 aromatic heterocycles. The molecule has 1 heterocycles. The lowest BCUT2D eigenvalue weighted by Crippen LogP contribution is -2.48. The highest BCUT2D eigenvalue weighted by Gasteiger charge is 2.18.